The molecule has 0 aliphatic carbocycles. The number of methoxy groups -OCH3 is 1. The second-order valence-electron chi connectivity index (χ2n) is 15.0. The summed E-state index contributed by atoms with van der Waals surface area (Å²) in [5.41, 5.74) is 6.36. The van der Waals surface area contributed by atoms with Crippen molar-refractivity contribution in [3.63, 3.8) is 0 Å². The summed E-state index contributed by atoms with van der Waals surface area (Å²) in [5.74, 6) is -1.18. The number of ether oxygens (including phenoxy) is 1. The van der Waals surface area contributed by atoms with Gasteiger partial charge in [-0.1, -0.05) is 87.5 Å². The van der Waals surface area contributed by atoms with Crippen LogP contribution in [-0.2, 0) is 31.8 Å². The molecule has 1 aliphatic rings. The maximum atomic E-state index is 14.8. The Morgan fingerprint density at radius 3 is 1.96 bits per heavy atom. The Kier molecular flexibility index (Phi) is 11.3. The van der Waals surface area contributed by atoms with Gasteiger partial charge in [0.1, 0.15) is 11.5 Å². The quantitative estimate of drug-likeness (QED) is 0.0832. The summed E-state index contributed by atoms with van der Waals surface area (Å²) in [6.45, 7) is 15.5. The number of halogens is 1. The van der Waals surface area contributed by atoms with Crippen molar-refractivity contribution in [2.24, 2.45) is 0 Å². The number of carbonyl (C=O) groups excluding carboxylic acids is 3. The SMILES string of the molecule is COC(=O)C[C@@H](CC(=O)/C=C/c1c(-c2ccc(F)cc2)c(-c2ccccc2)c(C(=O)N2Cc3ccccc3C2)n1C(C)C)O[Si](C)(C)C(C)(C)C. The number of hydrogen-bond acceptors (Lipinski definition) is 5. The highest BCUT2D eigenvalue weighted by Gasteiger charge is 2.40. The molecule has 0 radical (unpaired) electrons. The lowest BCUT2D eigenvalue weighted by Crippen LogP contribution is -2.44. The number of allylic oxidation sites excluding steroid dienone is 1. The van der Waals surface area contributed by atoms with Crippen molar-refractivity contribution in [2.45, 2.75) is 90.8 Å². The van der Waals surface area contributed by atoms with Crippen molar-refractivity contribution >= 4 is 32.1 Å². The van der Waals surface area contributed by atoms with Gasteiger partial charge in [-0.15, -0.1) is 0 Å². The van der Waals surface area contributed by atoms with Crippen molar-refractivity contribution in [3.05, 3.63) is 113 Å². The highest BCUT2D eigenvalue weighted by atomic mass is 28.4. The Morgan fingerprint density at radius 2 is 1.41 bits per heavy atom. The molecule has 7 nitrogen and oxygen atoms in total. The molecule has 2 heterocycles. The smallest absolute Gasteiger partial charge is 0.308 e. The number of amides is 1. The van der Waals surface area contributed by atoms with E-state index in [1.165, 1.54) is 25.3 Å². The zero-order valence-electron chi connectivity index (χ0n) is 31.0. The van der Waals surface area contributed by atoms with Gasteiger partial charge in [-0.05, 0) is 78.5 Å². The van der Waals surface area contributed by atoms with E-state index in [-0.39, 0.29) is 41.4 Å². The summed E-state index contributed by atoms with van der Waals surface area (Å²) < 4.78 is 27.8. The summed E-state index contributed by atoms with van der Waals surface area (Å²) in [5, 5.41) is -0.129. The van der Waals surface area contributed by atoms with Gasteiger partial charge in [-0.3, -0.25) is 14.4 Å². The molecule has 1 aliphatic heterocycles. The molecule has 268 valence electrons. The normalized spacial score (nSPS) is 13.9. The van der Waals surface area contributed by atoms with E-state index in [1.54, 1.807) is 18.2 Å². The molecule has 51 heavy (non-hydrogen) atoms. The molecule has 3 aromatic carbocycles. The van der Waals surface area contributed by atoms with Crippen molar-refractivity contribution in [3.8, 4) is 22.3 Å². The van der Waals surface area contributed by atoms with Crippen molar-refractivity contribution in [2.75, 3.05) is 7.11 Å². The predicted octanol–water partition coefficient (Wildman–Crippen LogP) is 9.62. The van der Waals surface area contributed by atoms with Crippen LogP contribution in [0.3, 0.4) is 0 Å². The average Bonchev–Trinajstić information content (AvgIpc) is 3.67. The molecular formula is C42H49FN2O5Si. The fourth-order valence-electron chi connectivity index (χ4n) is 6.42. The van der Waals surface area contributed by atoms with Crippen LogP contribution in [0, 0.1) is 5.82 Å². The minimum atomic E-state index is -2.33. The third-order valence-corrected chi connectivity index (χ3v) is 14.6. The average molecular weight is 709 g/mol. The van der Waals surface area contributed by atoms with Gasteiger partial charge >= 0.3 is 5.97 Å². The molecule has 5 rings (SSSR count). The van der Waals surface area contributed by atoms with E-state index < -0.39 is 20.4 Å². The lowest BCUT2D eigenvalue weighted by Gasteiger charge is -2.39. The van der Waals surface area contributed by atoms with Gasteiger partial charge in [0.2, 0.25) is 0 Å². The van der Waals surface area contributed by atoms with E-state index in [9.17, 15) is 18.8 Å². The summed E-state index contributed by atoms with van der Waals surface area (Å²) >= 11 is 0. The minimum Gasteiger partial charge on any atom is -0.469 e. The molecule has 0 saturated heterocycles. The summed E-state index contributed by atoms with van der Waals surface area (Å²) in [7, 11) is -1.01. The fourth-order valence-corrected chi connectivity index (χ4v) is 7.78. The van der Waals surface area contributed by atoms with E-state index in [0.717, 1.165) is 22.3 Å². The molecule has 0 spiro atoms. The predicted molar refractivity (Wildman–Crippen MR) is 203 cm³/mol. The summed E-state index contributed by atoms with van der Waals surface area (Å²) in [4.78, 5) is 42.9. The lowest BCUT2D eigenvalue weighted by molar-refractivity contribution is -0.142. The van der Waals surface area contributed by atoms with E-state index in [1.807, 2.05) is 77.9 Å². The summed E-state index contributed by atoms with van der Waals surface area (Å²) in [6, 6.07) is 23.8. The molecule has 0 bridgehead atoms. The Labute approximate surface area is 302 Å². The molecule has 0 unspecified atom stereocenters. The summed E-state index contributed by atoms with van der Waals surface area (Å²) in [6.07, 6.45) is 2.55. The largest absolute Gasteiger partial charge is 0.469 e. The number of rotatable bonds is 12. The monoisotopic (exact) mass is 708 g/mol. The van der Waals surface area contributed by atoms with E-state index in [2.05, 4.69) is 33.9 Å². The Balaban J connectivity index is 1.65. The molecular weight excluding hydrogens is 660 g/mol. The van der Waals surface area contributed by atoms with Gasteiger partial charge in [-0.2, -0.15) is 0 Å². The number of benzene rings is 3. The minimum absolute atomic E-state index is 0.0181. The highest BCUT2D eigenvalue weighted by Crippen LogP contribution is 2.44. The first kappa shape index (κ1) is 37.6. The second kappa shape index (κ2) is 15.3. The van der Waals surface area contributed by atoms with E-state index >= 15 is 0 Å². The van der Waals surface area contributed by atoms with Gasteiger partial charge in [-0.25, -0.2) is 4.39 Å². The number of nitrogens with zero attached hydrogens (tertiary/aromatic N) is 2. The molecule has 4 aromatic rings. The van der Waals surface area contributed by atoms with Crippen LogP contribution in [0.5, 0.6) is 0 Å². The Morgan fingerprint density at radius 1 is 0.843 bits per heavy atom. The topological polar surface area (TPSA) is 77.8 Å². The van der Waals surface area contributed by atoms with Crippen LogP contribution in [0.2, 0.25) is 18.1 Å². The van der Waals surface area contributed by atoms with Crippen LogP contribution in [0.4, 0.5) is 4.39 Å². The second-order valence-corrected chi connectivity index (χ2v) is 19.8. The number of ketones is 1. The lowest BCUT2D eigenvalue weighted by atomic mass is 9.94. The maximum absolute atomic E-state index is 14.8. The third-order valence-electron chi connectivity index (χ3n) is 10.0. The van der Waals surface area contributed by atoms with E-state index in [4.69, 9.17) is 9.16 Å². The van der Waals surface area contributed by atoms with Gasteiger partial charge < -0.3 is 18.6 Å². The molecule has 0 fully saturated rings. The van der Waals surface area contributed by atoms with Gasteiger partial charge in [0.05, 0.1) is 25.3 Å². The van der Waals surface area contributed by atoms with Crippen molar-refractivity contribution < 1.29 is 27.9 Å². The maximum Gasteiger partial charge on any atom is 0.308 e. The molecule has 1 aromatic heterocycles. The Bertz CT molecular complexity index is 1900. The van der Waals surface area contributed by atoms with Crippen molar-refractivity contribution in [1.82, 2.24) is 9.47 Å². The van der Waals surface area contributed by atoms with Crippen molar-refractivity contribution in [1.29, 1.82) is 0 Å². The van der Waals surface area contributed by atoms with Crippen LogP contribution < -0.4 is 0 Å². The van der Waals surface area contributed by atoms with E-state index in [0.29, 0.717) is 35.6 Å². The van der Waals surface area contributed by atoms with Crippen LogP contribution in [0.25, 0.3) is 28.3 Å². The fraction of sp³-hybridized carbons (Fsp3) is 0.357. The van der Waals surface area contributed by atoms with Gasteiger partial charge in [0.15, 0.2) is 14.1 Å². The first-order valence-corrected chi connectivity index (χ1v) is 20.4. The van der Waals surface area contributed by atoms with Crippen LogP contribution >= 0.6 is 0 Å². The number of hydrogen-bond donors (Lipinski definition) is 0. The molecule has 9 heteroatoms. The number of fused-ring (bicyclic) bond motifs is 1. The number of carbonyl (C=O) groups is 3. The van der Waals surface area contributed by atoms with Crippen LogP contribution in [0.15, 0.2) is 84.9 Å². The van der Waals surface area contributed by atoms with Crippen LogP contribution in [-0.4, -0.2) is 48.7 Å². The molecule has 1 atom stereocenters. The Hall–Kier alpha value is -4.60. The highest BCUT2D eigenvalue weighted by molar-refractivity contribution is 6.74. The van der Waals surface area contributed by atoms with Gasteiger partial charge in [0.25, 0.3) is 5.91 Å². The van der Waals surface area contributed by atoms with Crippen LogP contribution in [0.1, 0.15) is 80.8 Å². The molecule has 0 saturated carbocycles. The number of esters is 1. The first-order valence-electron chi connectivity index (χ1n) is 17.5. The standard InChI is InChI=1S/C42H49FN2O5Si/c1-28(2)45-36(23-22-34(46)24-35(25-37(47)49-6)50-51(7,8)42(3,4)5)38(30-18-20-33(43)21-19-30)39(29-14-10-9-11-15-29)40(45)41(48)44-26-31-16-12-13-17-32(31)27-44/h9-23,28,35H,24-27H2,1-8H3/b23-22+/t35-/m1/s1. The zero-order chi connectivity index (χ0) is 37.1. The first-order chi connectivity index (χ1) is 24.1. The van der Waals surface area contributed by atoms with Gasteiger partial charge in [0, 0.05) is 36.7 Å². The zero-order valence-corrected chi connectivity index (χ0v) is 32.0. The number of aromatic nitrogens is 1. The third kappa shape index (κ3) is 8.32. The molecule has 1 amide bonds. The molecule has 0 N–H and O–H groups in total.